The molecule has 0 amide bonds. The second kappa shape index (κ2) is 6.85. The number of nitrogens with zero attached hydrogens (tertiary/aromatic N) is 5. The average molecular weight is 421 g/mol. The Morgan fingerprint density at radius 3 is 2.83 bits per heavy atom. The molecular formula is C22H24N6OS. The summed E-state index contributed by atoms with van der Waals surface area (Å²) in [6.07, 6.45) is 4.34. The van der Waals surface area contributed by atoms with Crippen LogP contribution in [-0.4, -0.2) is 31.3 Å². The summed E-state index contributed by atoms with van der Waals surface area (Å²) in [6.45, 7) is 9.14. The number of rotatable bonds is 4. The fourth-order valence-corrected chi connectivity index (χ4v) is 5.57. The molecule has 0 saturated heterocycles. The van der Waals surface area contributed by atoms with E-state index in [9.17, 15) is 0 Å². The van der Waals surface area contributed by atoms with Crippen LogP contribution in [0.2, 0.25) is 0 Å². The highest BCUT2D eigenvalue weighted by Gasteiger charge is 2.39. The van der Waals surface area contributed by atoms with E-state index in [1.165, 1.54) is 10.4 Å². The highest BCUT2D eigenvalue weighted by molar-refractivity contribution is 7.19. The van der Waals surface area contributed by atoms with Crippen LogP contribution in [0.25, 0.3) is 15.9 Å². The van der Waals surface area contributed by atoms with Gasteiger partial charge in [-0.25, -0.2) is 14.5 Å². The van der Waals surface area contributed by atoms with Gasteiger partial charge >= 0.3 is 0 Å². The molecule has 8 heteroatoms. The van der Waals surface area contributed by atoms with E-state index < -0.39 is 0 Å². The minimum absolute atomic E-state index is 0.00451. The van der Waals surface area contributed by atoms with E-state index in [0.29, 0.717) is 5.82 Å². The van der Waals surface area contributed by atoms with Crippen molar-refractivity contribution in [2.45, 2.75) is 51.8 Å². The van der Waals surface area contributed by atoms with Gasteiger partial charge in [-0.3, -0.25) is 0 Å². The van der Waals surface area contributed by atoms with Gasteiger partial charge in [0, 0.05) is 16.0 Å². The van der Waals surface area contributed by atoms with Crippen LogP contribution in [0.3, 0.4) is 0 Å². The smallest absolute Gasteiger partial charge is 0.192 e. The van der Waals surface area contributed by atoms with Crippen molar-refractivity contribution in [3.63, 3.8) is 0 Å². The summed E-state index contributed by atoms with van der Waals surface area (Å²) < 4.78 is 1.75. The van der Waals surface area contributed by atoms with Crippen LogP contribution in [0.5, 0.6) is 0 Å². The van der Waals surface area contributed by atoms with Crippen molar-refractivity contribution >= 4 is 33.4 Å². The van der Waals surface area contributed by atoms with E-state index in [0.717, 1.165) is 27.8 Å². The van der Waals surface area contributed by atoms with Crippen molar-refractivity contribution < 1.29 is 4.84 Å². The number of fused-ring (bicyclic) bond motifs is 5. The van der Waals surface area contributed by atoms with E-state index in [1.54, 1.807) is 28.4 Å². The van der Waals surface area contributed by atoms with Crippen LogP contribution in [0.4, 0.5) is 0 Å². The summed E-state index contributed by atoms with van der Waals surface area (Å²) in [5, 5.41) is 13.4. The molecule has 0 radical (unpaired) electrons. The van der Waals surface area contributed by atoms with E-state index in [-0.39, 0.29) is 17.7 Å². The van der Waals surface area contributed by atoms with Gasteiger partial charge in [-0.15, -0.1) is 16.4 Å². The molecule has 154 valence electrons. The van der Waals surface area contributed by atoms with Gasteiger partial charge in [-0.05, 0) is 45.2 Å². The third kappa shape index (κ3) is 3.36. The molecule has 1 aliphatic heterocycles. The zero-order valence-corrected chi connectivity index (χ0v) is 18.3. The van der Waals surface area contributed by atoms with E-state index in [4.69, 9.17) is 9.82 Å². The summed E-state index contributed by atoms with van der Waals surface area (Å²) >= 11 is 1.74. The Hall–Kier alpha value is -2.84. The number of nitrogens with one attached hydrogen (secondary N) is 1. The molecule has 4 aromatic rings. The highest BCUT2D eigenvalue weighted by Crippen LogP contribution is 2.44. The zero-order chi connectivity index (χ0) is 20.9. The molecule has 3 aromatic heterocycles. The van der Waals surface area contributed by atoms with Gasteiger partial charge in [0.05, 0.1) is 11.6 Å². The number of hydrogen-bond donors (Lipinski definition) is 1. The largest absolute Gasteiger partial charge is 0.387 e. The monoisotopic (exact) mass is 420 g/mol. The minimum atomic E-state index is -0.114. The SMILES string of the molecule is CC1(C)Cc2c(sc3ncn4nc(CON=Cc5ccccc5)nc4c23)C(C)(C)N1. The lowest BCUT2D eigenvalue weighted by Crippen LogP contribution is -2.54. The maximum atomic E-state index is 5.43. The Labute approximate surface area is 178 Å². The van der Waals surface area contributed by atoms with E-state index in [2.05, 4.69) is 48.3 Å². The lowest BCUT2D eigenvalue weighted by atomic mass is 9.82. The summed E-state index contributed by atoms with van der Waals surface area (Å²) in [4.78, 5) is 17.2. The Bertz CT molecular complexity index is 1260. The molecule has 1 aromatic carbocycles. The quantitative estimate of drug-likeness (QED) is 0.398. The molecule has 1 aliphatic rings. The topological polar surface area (TPSA) is 76.7 Å². The lowest BCUT2D eigenvalue weighted by molar-refractivity contribution is 0.126. The first kappa shape index (κ1) is 19.1. The molecule has 0 saturated carbocycles. The second-order valence-electron chi connectivity index (χ2n) is 8.86. The number of thiophene rings is 1. The van der Waals surface area contributed by atoms with Crippen LogP contribution in [0.15, 0.2) is 41.8 Å². The fourth-order valence-electron chi connectivity index (χ4n) is 4.35. The second-order valence-corrected chi connectivity index (χ2v) is 9.86. The standard InChI is InChI=1S/C22H24N6OS/c1-21(2)10-15-17-19-25-16(12-29-24-11-14-8-6-5-7-9-14)26-28(19)13-23-20(17)30-18(15)22(3,4)27-21/h5-9,11,13,27H,10,12H2,1-4H3. The van der Waals surface area contributed by atoms with Gasteiger partial charge in [0.25, 0.3) is 0 Å². The highest BCUT2D eigenvalue weighted by atomic mass is 32.1. The summed E-state index contributed by atoms with van der Waals surface area (Å²) in [7, 11) is 0. The van der Waals surface area contributed by atoms with Gasteiger partial charge in [0.1, 0.15) is 11.2 Å². The maximum absolute atomic E-state index is 5.43. The Morgan fingerprint density at radius 2 is 2.03 bits per heavy atom. The predicted octanol–water partition coefficient (Wildman–Crippen LogP) is 4.05. The molecule has 1 N–H and O–H groups in total. The first-order valence-electron chi connectivity index (χ1n) is 9.98. The van der Waals surface area contributed by atoms with Crippen LogP contribution < -0.4 is 5.32 Å². The van der Waals surface area contributed by atoms with E-state index in [1.807, 2.05) is 30.3 Å². The minimum Gasteiger partial charge on any atom is -0.387 e. The third-order valence-electron chi connectivity index (χ3n) is 5.28. The van der Waals surface area contributed by atoms with Crippen LogP contribution in [-0.2, 0) is 23.4 Å². The summed E-state index contributed by atoms with van der Waals surface area (Å²) in [5.74, 6) is 0.585. The molecule has 0 atom stereocenters. The molecule has 0 unspecified atom stereocenters. The van der Waals surface area contributed by atoms with Gasteiger partial charge in [-0.2, -0.15) is 0 Å². The molecular weight excluding hydrogens is 396 g/mol. The number of oxime groups is 1. The van der Waals surface area contributed by atoms with Crippen LogP contribution in [0.1, 0.15) is 49.5 Å². The Balaban J connectivity index is 1.48. The van der Waals surface area contributed by atoms with Gasteiger partial charge in [0.2, 0.25) is 0 Å². The third-order valence-corrected chi connectivity index (χ3v) is 6.74. The Kier molecular flexibility index (Phi) is 4.37. The van der Waals surface area contributed by atoms with Crippen molar-refractivity contribution in [3.8, 4) is 0 Å². The lowest BCUT2D eigenvalue weighted by Gasteiger charge is -2.42. The molecule has 0 bridgehead atoms. The molecule has 0 spiro atoms. The van der Waals surface area contributed by atoms with Crippen molar-refractivity contribution in [2.75, 3.05) is 0 Å². The molecule has 5 rings (SSSR count). The molecule has 4 heterocycles. The first-order valence-corrected chi connectivity index (χ1v) is 10.8. The Morgan fingerprint density at radius 1 is 1.23 bits per heavy atom. The van der Waals surface area contributed by atoms with Gasteiger partial charge in [-0.1, -0.05) is 35.5 Å². The molecule has 30 heavy (non-hydrogen) atoms. The van der Waals surface area contributed by atoms with Crippen LogP contribution >= 0.6 is 11.3 Å². The van der Waals surface area contributed by atoms with Gasteiger partial charge in [0.15, 0.2) is 18.1 Å². The van der Waals surface area contributed by atoms with Crippen molar-refractivity contribution in [3.05, 3.63) is 58.5 Å². The van der Waals surface area contributed by atoms with Crippen molar-refractivity contribution in [2.24, 2.45) is 5.16 Å². The van der Waals surface area contributed by atoms with Gasteiger partial charge < -0.3 is 10.2 Å². The average Bonchev–Trinajstić information content (AvgIpc) is 3.26. The van der Waals surface area contributed by atoms with Crippen molar-refractivity contribution in [1.82, 2.24) is 24.9 Å². The molecule has 7 nitrogen and oxygen atoms in total. The normalized spacial score (nSPS) is 17.6. The summed E-state index contributed by atoms with van der Waals surface area (Å²) in [5.41, 5.74) is 3.02. The number of hydrogen-bond acceptors (Lipinski definition) is 7. The zero-order valence-electron chi connectivity index (χ0n) is 17.5. The molecule has 0 fully saturated rings. The number of benzene rings is 1. The summed E-state index contributed by atoms with van der Waals surface area (Å²) in [6, 6.07) is 9.83. The number of aromatic nitrogens is 4. The fraction of sp³-hybridized carbons (Fsp3) is 0.364. The van der Waals surface area contributed by atoms with E-state index >= 15 is 0 Å². The molecule has 0 aliphatic carbocycles. The van der Waals surface area contributed by atoms with Crippen LogP contribution in [0, 0.1) is 0 Å². The maximum Gasteiger partial charge on any atom is 0.192 e. The predicted molar refractivity (Wildman–Crippen MR) is 119 cm³/mol. The first-order chi connectivity index (χ1) is 14.3. The van der Waals surface area contributed by atoms with Crippen molar-refractivity contribution in [1.29, 1.82) is 0 Å².